The van der Waals surface area contributed by atoms with Crippen LogP contribution in [-0.2, 0) is 9.59 Å². The number of nitrogens with zero attached hydrogens (tertiary/aromatic N) is 1. The van der Waals surface area contributed by atoms with Crippen LogP contribution in [0.2, 0.25) is 0 Å². The van der Waals surface area contributed by atoms with E-state index in [1.165, 1.54) is 4.90 Å². The van der Waals surface area contributed by atoms with Crippen LogP contribution in [0, 0.1) is 5.92 Å². The summed E-state index contributed by atoms with van der Waals surface area (Å²) in [6.07, 6.45) is 5.87. The summed E-state index contributed by atoms with van der Waals surface area (Å²) in [6.45, 7) is 0.563. The van der Waals surface area contributed by atoms with Crippen LogP contribution < -0.4 is 5.73 Å². The van der Waals surface area contributed by atoms with E-state index in [1.54, 1.807) is 0 Å². The number of aliphatic carboxylic acids is 1. The Morgan fingerprint density at radius 3 is 2.56 bits per heavy atom. The number of carbonyl (C=O) groups excluding carboxylic acids is 1. The molecule has 1 saturated carbocycles. The number of nitrogens with two attached hydrogens (primary N) is 1. The van der Waals surface area contributed by atoms with E-state index in [0.29, 0.717) is 25.3 Å². The third kappa shape index (κ3) is 3.22. The summed E-state index contributed by atoms with van der Waals surface area (Å²) < 4.78 is 0. The van der Waals surface area contributed by atoms with Crippen LogP contribution >= 0.6 is 0 Å². The molecule has 0 spiro atoms. The molecule has 1 saturated heterocycles. The molecule has 5 heteroatoms. The first-order valence-electron chi connectivity index (χ1n) is 6.87. The summed E-state index contributed by atoms with van der Waals surface area (Å²) in [5.41, 5.74) is 5.95. The number of hydrogen-bond acceptors (Lipinski definition) is 3. The first-order chi connectivity index (χ1) is 8.59. The van der Waals surface area contributed by atoms with Crippen molar-refractivity contribution in [2.45, 2.75) is 57.0 Å². The lowest BCUT2D eigenvalue weighted by Gasteiger charge is -2.28. The maximum atomic E-state index is 12.2. The molecule has 2 fully saturated rings. The first kappa shape index (κ1) is 13.3. The van der Waals surface area contributed by atoms with Gasteiger partial charge in [-0.15, -0.1) is 0 Å². The van der Waals surface area contributed by atoms with Gasteiger partial charge in [0.2, 0.25) is 5.91 Å². The highest BCUT2D eigenvalue weighted by Crippen LogP contribution is 2.33. The highest BCUT2D eigenvalue weighted by Gasteiger charge is 2.34. The van der Waals surface area contributed by atoms with E-state index in [0.717, 1.165) is 32.1 Å². The molecule has 102 valence electrons. The molecule has 2 atom stereocenters. The third-order valence-electron chi connectivity index (χ3n) is 4.00. The van der Waals surface area contributed by atoms with Crippen molar-refractivity contribution in [2.75, 3.05) is 6.54 Å². The molecule has 0 aromatic heterocycles. The van der Waals surface area contributed by atoms with Gasteiger partial charge in [0.05, 0.1) is 0 Å². The minimum absolute atomic E-state index is 0.0799. The molecule has 1 aliphatic carbocycles. The van der Waals surface area contributed by atoms with Crippen molar-refractivity contribution < 1.29 is 14.7 Å². The predicted octanol–water partition coefficient (Wildman–Crippen LogP) is 0.970. The zero-order valence-corrected chi connectivity index (χ0v) is 10.7. The Labute approximate surface area is 107 Å². The molecule has 0 radical (unpaired) electrons. The second kappa shape index (κ2) is 5.69. The molecule has 2 unspecified atom stereocenters. The van der Waals surface area contributed by atoms with Gasteiger partial charge >= 0.3 is 5.97 Å². The number of likely N-dealkylation sites (tertiary alicyclic amines) is 1. The number of rotatable bonds is 4. The quantitative estimate of drug-likeness (QED) is 0.783. The van der Waals surface area contributed by atoms with E-state index < -0.39 is 12.0 Å². The average molecular weight is 254 g/mol. The number of hydrogen-bond donors (Lipinski definition) is 2. The lowest BCUT2D eigenvalue weighted by Crippen LogP contribution is -2.46. The van der Waals surface area contributed by atoms with Crippen molar-refractivity contribution in [3.63, 3.8) is 0 Å². The molecule has 1 amide bonds. The lowest BCUT2D eigenvalue weighted by atomic mass is 10.1. The summed E-state index contributed by atoms with van der Waals surface area (Å²) in [5, 5.41) is 9.21. The number of carboxylic acid groups (broad SMARTS) is 1. The van der Waals surface area contributed by atoms with Crippen LogP contribution in [0.3, 0.4) is 0 Å². The van der Waals surface area contributed by atoms with Crippen LogP contribution in [0.4, 0.5) is 0 Å². The fourth-order valence-corrected chi connectivity index (χ4v) is 2.67. The van der Waals surface area contributed by atoms with E-state index >= 15 is 0 Å². The fourth-order valence-electron chi connectivity index (χ4n) is 2.67. The van der Waals surface area contributed by atoms with E-state index in [-0.39, 0.29) is 11.9 Å². The topological polar surface area (TPSA) is 83.6 Å². The van der Waals surface area contributed by atoms with Gasteiger partial charge < -0.3 is 15.7 Å². The summed E-state index contributed by atoms with van der Waals surface area (Å²) in [5.74, 6) is -0.488. The zero-order chi connectivity index (χ0) is 13.1. The van der Waals surface area contributed by atoms with Crippen LogP contribution in [0.1, 0.15) is 44.9 Å². The maximum absolute atomic E-state index is 12.2. The summed E-state index contributed by atoms with van der Waals surface area (Å²) in [4.78, 5) is 25.0. The normalized spacial score (nSPS) is 26.5. The molecule has 2 aliphatic rings. The molecular weight excluding hydrogens is 232 g/mol. The molecule has 3 N–H and O–H groups in total. The standard InChI is InChI=1S/C13H22N2O3/c14-10(9-5-6-9)8-12(16)15-7-3-1-2-4-11(15)13(17)18/h9-11H,1-8,14H2,(H,17,18). The van der Waals surface area contributed by atoms with Crippen LogP contribution in [-0.4, -0.2) is 40.5 Å². The van der Waals surface area contributed by atoms with E-state index in [1.807, 2.05) is 0 Å². The number of carbonyl (C=O) groups is 2. The van der Waals surface area contributed by atoms with Crippen molar-refractivity contribution in [1.29, 1.82) is 0 Å². The van der Waals surface area contributed by atoms with Gasteiger partial charge in [-0.05, 0) is 31.6 Å². The monoisotopic (exact) mass is 254 g/mol. The second-order valence-corrected chi connectivity index (χ2v) is 5.50. The van der Waals surface area contributed by atoms with Crippen molar-refractivity contribution in [2.24, 2.45) is 11.7 Å². The van der Waals surface area contributed by atoms with Crippen molar-refractivity contribution in [3.05, 3.63) is 0 Å². The van der Waals surface area contributed by atoms with Gasteiger partial charge in [-0.25, -0.2) is 4.79 Å². The highest BCUT2D eigenvalue weighted by atomic mass is 16.4. The Kier molecular flexibility index (Phi) is 4.22. The van der Waals surface area contributed by atoms with Gasteiger partial charge in [0.1, 0.15) is 6.04 Å². The Bertz CT molecular complexity index is 328. The number of carboxylic acids is 1. The molecule has 0 aromatic carbocycles. The highest BCUT2D eigenvalue weighted by molar-refractivity contribution is 5.84. The van der Waals surface area contributed by atoms with E-state index in [9.17, 15) is 14.7 Å². The Morgan fingerprint density at radius 2 is 1.94 bits per heavy atom. The Morgan fingerprint density at radius 1 is 1.22 bits per heavy atom. The van der Waals surface area contributed by atoms with Gasteiger partial charge in [-0.3, -0.25) is 4.79 Å². The van der Waals surface area contributed by atoms with Crippen LogP contribution in [0.25, 0.3) is 0 Å². The Balaban J connectivity index is 1.97. The summed E-state index contributed by atoms with van der Waals surface area (Å²) >= 11 is 0. The second-order valence-electron chi connectivity index (χ2n) is 5.50. The van der Waals surface area contributed by atoms with E-state index in [4.69, 9.17) is 5.73 Å². The molecular formula is C13H22N2O3. The average Bonchev–Trinajstić information content (AvgIpc) is 3.15. The van der Waals surface area contributed by atoms with Gasteiger partial charge in [0.15, 0.2) is 0 Å². The maximum Gasteiger partial charge on any atom is 0.326 e. The molecule has 1 aliphatic heterocycles. The molecule has 18 heavy (non-hydrogen) atoms. The largest absolute Gasteiger partial charge is 0.480 e. The van der Waals surface area contributed by atoms with Crippen molar-refractivity contribution >= 4 is 11.9 Å². The fraction of sp³-hybridized carbons (Fsp3) is 0.846. The minimum atomic E-state index is -0.884. The molecule has 1 heterocycles. The zero-order valence-electron chi connectivity index (χ0n) is 10.7. The van der Waals surface area contributed by atoms with Gasteiger partial charge in [0, 0.05) is 19.0 Å². The van der Waals surface area contributed by atoms with Crippen molar-refractivity contribution in [1.82, 2.24) is 4.90 Å². The lowest BCUT2D eigenvalue weighted by molar-refractivity contribution is -0.150. The molecule has 5 nitrogen and oxygen atoms in total. The smallest absolute Gasteiger partial charge is 0.326 e. The minimum Gasteiger partial charge on any atom is -0.480 e. The summed E-state index contributed by atoms with van der Waals surface area (Å²) in [7, 11) is 0. The third-order valence-corrected chi connectivity index (χ3v) is 4.00. The van der Waals surface area contributed by atoms with Gasteiger partial charge in [-0.1, -0.05) is 12.8 Å². The van der Waals surface area contributed by atoms with Crippen LogP contribution in [0.5, 0.6) is 0 Å². The SMILES string of the molecule is NC(CC(=O)N1CCCCCC1C(=O)O)C1CC1. The molecule has 0 aromatic rings. The molecule has 2 rings (SSSR count). The summed E-state index contributed by atoms with van der Waals surface area (Å²) in [6, 6.07) is -0.735. The van der Waals surface area contributed by atoms with Gasteiger partial charge in [0.25, 0.3) is 0 Å². The predicted molar refractivity (Wildman–Crippen MR) is 66.9 cm³/mol. The van der Waals surface area contributed by atoms with Gasteiger partial charge in [-0.2, -0.15) is 0 Å². The Hall–Kier alpha value is -1.10. The van der Waals surface area contributed by atoms with E-state index in [2.05, 4.69) is 0 Å². The van der Waals surface area contributed by atoms with Crippen molar-refractivity contribution in [3.8, 4) is 0 Å². The number of amides is 1. The molecule has 0 bridgehead atoms. The first-order valence-corrected chi connectivity index (χ1v) is 6.87. The van der Waals surface area contributed by atoms with Crippen LogP contribution in [0.15, 0.2) is 0 Å².